The van der Waals surface area contributed by atoms with Gasteiger partial charge in [-0.3, -0.25) is 0 Å². The molecule has 4 nitrogen and oxygen atoms in total. The summed E-state index contributed by atoms with van der Waals surface area (Å²) in [7, 11) is 3.31. The lowest BCUT2D eigenvalue weighted by Gasteiger charge is -2.05. The molecule has 4 heteroatoms. The van der Waals surface area contributed by atoms with Crippen LogP contribution in [0.5, 0.6) is 11.5 Å². The van der Waals surface area contributed by atoms with Crippen LogP contribution in [0.15, 0.2) is 71.2 Å². The van der Waals surface area contributed by atoms with E-state index in [0.29, 0.717) is 12.5 Å². The molecule has 128 valence electrons. The van der Waals surface area contributed by atoms with Crippen LogP contribution in [0.25, 0.3) is 6.08 Å². The van der Waals surface area contributed by atoms with Crippen molar-refractivity contribution in [3.8, 4) is 11.5 Å². The van der Waals surface area contributed by atoms with Gasteiger partial charge in [-0.05, 0) is 29.8 Å². The number of para-hydroxylation sites is 2. The highest BCUT2D eigenvalue weighted by Crippen LogP contribution is 2.29. The molecule has 2 aromatic rings. The molecule has 0 unspecified atom stereocenters. The van der Waals surface area contributed by atoms with Gasteiger partial charge in [0.25, 0.3) is 0 Å². The number of aliphatic imine (C=N–C) groups is 1. The van der Waals surface area contributed by atoms with Crippen LogP contribution < -0.4 is 9.47 Å². The number of nitrogens with zero attached hydrogens (tertiary/aromatic N) is 1. The number of ether oxygens (including phenoxy) is 3. The minimum Gasteiger partial charge on any atom is -0.497 e. The highest BCUT2D eigenvalue weighted by molar-refractivity contribution is 5.97. The SMILES string of the molecule is COc1ccc(/C=C/C=C2\CCO\C2=N/c2ccccc2OC)cc1. The number of allylic oxidation sites excluding steroid dienone is 2. The standard InChI is InChI=1S/C21H21NO3/c1-23-18-12-10-16(11-13-18)6-5-7-17-14-15-25-21(17)22-19-8-3-4-9-20(19)24-2/h3-13H,14-15H2,1-2H3/b6-5+,17-7+,22-21-. The van der Waals surface area contributed by atoms with Crippen LogP contribution in [0.3, 0.4) is 0 Å². The molecule has 0 spiro atoms. The first-order valence-electron chi connectivity index (χ1n) is 8.16. The molecule has 0 atom stereocenters. The van der Waals surface area contributed by atoms with Crippen LogP contribution in [0, 0.1) is 0 Å². The zero-order valence-corrected chi connectivity index (χ0v) is 14.4. The van der Waals surface area contributed by atoms with Gasteiger partial charge in [0.05, 0.1) is 20.8 Å². The molecule has 0 radical (unpaired) electrons. The topological polar surface area (TPSA) is 40.0 Å². The van der Waals surface area contributed by atoms with E-state index < -0.39 is 0 Å². The number of benzene rings is 2. The van der Waals surface area contributed by atoms with Gasteiger partial charge in [-0.25, -0.2) is 4.99 Å². The van der Waals surface area contributed by atoms with Crippen molar-refractivity contribution < 1.29 is 14.2 Å². The van der Waals surface area contributed by atoms with Gasteiger partial charge in [-0.2, -0.15) is 0 Å². The van der Waals surface area contributed by atoms with E-state index in [-0.39, 0.29) is 0 Å². The number of methoxy groups -OCH3 is 2. The van der Waals surface area contributed by atoms with Crippen LogP contribution >= 0.6 is 0 Å². The second kappa shape index (κ2) is 8.20. The first-order valence-corrected chi connectivity index (χ1v) is 8.16. The number of hydrogen-bond donors (Lipinski definition) is 0. The van der Waals surface area contributed by atoms with Gasteiger partial charge in [0.15, 0.2) is 0 Å². The first kappa shape index (κ1) is 16.8. The maximum absolute atomic E-state index is 5.68. The molecule has 1 saturated heterocycles. The zero-order chi connectivity index (χ0) is 17.5. The molecule has 1 aliphatic rings. The fourth-order valence-electron chi connectivity index (χ4n) is 2.54. The maximum Gasteiger partial charge on any atom is 0.217 e. The maximum atomic E-state index is 5.68. The molecule has 0 aromatic heterocycles. The van der Waals surface area contributed by atoms with E-state index in [9.17, 15) is 0 Å². The Morgan fingerprint density at radius 3 is 2.56 bits per heavy atom. The molecular formula is C21H21NO3. The van der Waals surface area contributed by atoms with Crippen LogP contribution in [0.1, 0.15) is 12.0 Å². The summed E-state index contributed by atoms with van der Waals surface area (Å²) in [5.41, 5.74) is 2.96. The van der Waals surface area contributed by atoms with Crippen molar-refractivity contribution in [1.29, 1.82) is 0 Å². The molecule has 0 bridgehead atoms. The fourth-order valence-corrected chi connectivity index (χ4v) is 2.54. The highest BCUT2D eigenvalue weighted by Gasteiger charge is 2.17. The fraction of sp³-hybridized carbons (Fsp3) is 0.190. The van der Waals surface area contributed by atoms with E-state index in [1.807, 2.05) is 66.8 Å². The van der Waals surface area contributed by atoms with Gasteiger partial charge in [-0.1, -0.05) is 42.5 Å². The summed E-state index contributed by atoms with van der Waals surface area (Å²) in [6.45, 7) is 0.649. The van der Waals surface area contributed by atoms with Crippen molar-refractivity contribution in [3.63, 3.8) is 0 Å². The van der Waals surface area contributed by atoms with Crippen molar-refractivity contribution in [3.05, 3.63) is 71.8 Å². The summed E-state index contributed by atoms with van der Waals surface area (Å²) >= 11 is 0. The largest absolute Gasteiger partial charge is 0.497 e. The van der Waals surface area contributed by atoms with Gasteiger partial charge in [0.1, 0.15) is 17.2 Å². The van der Waals surface area contributed by atoms with Crippen LogP contribution in [0.2, 0.25) is 0 Å². The van der Waals surface area contributed by atoms with Crippen molar-refractivity contribution in [2.75, 3.05) is 20.8 Å². The van der Waals surface area contributed by atoms with Gasteiger partial charge in [-0.15, -0.1) is 0 Å². The highest BCUT2D eigenvalue weighted by atomic mass is 16.5. The van der Waals surface area contributed by atoms with Gasteiger partial charge in [0, 0.05) is 12.0 Å². The minimum absolute atomic E-state index is 0.649. The van der Waals surface area contributed by atoms with Crippen molar-refractivity contribution in [1.82, 2.24) is 0 Å². The predicted octanol–water partition coefficient (Wildman–Crippen LogP) is 4.79. The summed E-state index contributed by atoms with van der Waals surface area (Å²) in [5, 5.41) is 0. The Balaban J connectivity index is 1.77. The normalized spacial score (nSPS) is 17.2. The Hall–Kier alpha value is -3.01. The lowest BCUT2D eigenvalue weighted by molar-refractivity contribution is 0.343. The summed E-state index contributed by atoms with van der Waals surface area (Å²) in [6, 6.07) is 15.6. The van der Waals surface area contributed by atoms with Crippen LogP contribution in [0.4, 0.5) is 5.69 Å². The van der Waals surface area contributed by atoms with E-state index in [1.54, 1.807) is 14.2 Å². The van der Waals surface area contributed by atoms with Gasteiger partial charge < -0.3 is 14.2 Å². The predicted molar refractivity (Wildman–Crippen MR) is 101 cm³/mol. The van der Waals surface area contributed by atoms with Crippen LogP contribution in [-0.2, 0) is 4.74 Å². The third kappa shape index (κ3) is 4.29. The second-order valence-corrected chi connectivity index (χ2v) is 5.51. The molecule has 2 aromatic carbocycles. The minimum atomic E-state index is 0.649. The lowest BCUT2D eigenvalue weighted by atomic mass is 10.1. The Labute approximate surface area is 148 Å². The first-order chi connectivity index (χ1) is 12.3. The van der Waals surface area contributed by atoms with Crippen molar-refractivity contribution in [2.45, 2.75) is 6.42 Å². The molecular weight excluding hydrogens is 314 g/mol. The zero-order valence-electron chi connectivity index (χ0n) is 14.4. The third-order valence-electron chi connectivity index (χ3n) is 3.89. The monoisotopic (exact) mass is 335 g/mol. The molecule has 1 aliphatic heterocycles. The molecule has 1 fully saturated rings. The molecule has 3 rings (SSSR count). The second-order valence-electron chi connectivity index (χ2n) is 5.51. The third-order valence-corrected chi connectivity index (χ3v) is 3.89. The summed E-state index contributed by atoms with van der Waals surface area (Å²) < 4.78 is 16.2. The van der Waals surface area contributed by atoms with E-state index in [0.717, 1.165) is 34.7 Å². The summed E-state index contributed by atoms with van der Waals surface area (Å²) in [5.74, 6) is 2.24. The molecule has 1 heterocycles. The summed E-state index contributed by atoms with van der Waals surface area (Å²) in [6.07, 6.45) is 6.96. The number of rotatable bonds is 5. The van der Waals surface area contributed by atoms with E-state index in [4.69, 9.17) is 14.2 Å². The molecule has 0 N–H and O–H groups in total. The van der Waals surface area contributed by atoms with Crippen molar-refractivity contribution in [2.24, 2.45) is 4.99 Å². The van der Waals surface area contributed by atoms with E-state index in [1.165, 1.54) is 0 Å². The van der Waals surface area contributed by atoms with E-state index >= 15 is 0 Å². The smallest absolute Gasteiger partial charge is 0.217 e. The number of hydrogen-bond acceptors (Lipinski definition) is 4. The average Bonchev–Trinajstić information content (AvgIpc) is 3.10. The van der Waals surface area contributed by atoms with Crippen LogP contribution in [-0.4, -0.2) is 26.7 Å². The molecule has 0 amide bonds. The Morgan fingerprint density at radius 2 is 1.80 bits per heavy atom. The van der Waals surface area contributed by atoms with Crippen molar-refractivity contribution >= 4 is 17.7 Å². The quantitative estimate of drug-likeness (QED) is 0.788. The Morgan fingerprint density at radius 1 is 1.00 bits per heavy atom. The molecule has 0 aliphatic carbocycles. The van der Waals surface area contributed by atoms with E-state index in [2.05, 4.69) is 4.99 Å². The van der Waals surface area contributed by atoms with Gasteiger partial charge >= 0.3 is 0 Å². The lowest BCUT2D eigenvalue weighted by Crippen LogP contribution is -1.96. The molecule has 25 heavy (non-hydrogen) atoms. The molecule has 0 saturated carbocycles. The van der Waals surface area contributed by atoms with Gasteiger partial charge in [0.2, 0.25) is 5.90 Å². The Bertz CT molecular complexity index is 804. The average molecular weight is 335 g/mol. The summed E-state index contributed by atoms with van der Waals surface area (Å²) in [4.78, 5) is 4.61. The Kier molecular flexibility index (Phi) is 5.52.